The summed E-state index contributed by atoms with van der Waals surface area (Å²) >= 11 is 0. The van der Waals surface area contributed by atoms with Crippen LogP contribution >= 0.6 is 0 Å². The molecule has 0 atom stereocenters. The fourth-order valence-electron chi connectivity index (χ4n) is 6.36. The van der Waals surface area contributed by atoms with E-state index >= 15 is 0 Å². The first-order chi connectivity index (χ1) is 26.2. The number of aryl methyl sites for hydroxylation is 2. The molecule has 10 heteroatoms. The number of nitrogens with one attached hydrogen (secondary N) is 4. The van der Waals surface area contributed by atoms with E-state index in [0.717, 1.165) is 60.2 Å². The lowest BCUT2D eigenvalue weighted by molar-refractivity contribution is -0.174. The SMILES string of the molecule is Cc1[nH]c2ccccc2c1CCNCc1ccc(C=CC(=O)OC(=O)C(=O)OC(=O)C=Cc2ccc(CNCCc3c(C)[nH]c4ccccc34)cc2)cc1. The second-order valence-electron chi connectivity index (χ2n) is 13.0. The molecule has 0 fully saturated rings. The molecule has 2 heterocycles. The van der Waals surface area contributed by atoms with Crippen LogP contribution in [0, 0.1) is 13.8 Å². The lowest BCUT2D eigenvalue weighted by Crippen LogP contribution is -2.24. The van der Waals surface area contributed by atoms with Gasteiger partial charge in [-0.2, -0.15) is 0 Å². The molecule has 2 aromatic heterocycles. The van der Waals surface area contributed by atoms with Gasteiger partial charge in [-0.1, -0.05) is 84.9 Å². The van der Waals surface area contributed by atoms with Crippen LogP contribution in [0.4, 0.5) is 0 Å². The molecule has 0 spiro atoms. The van der Waals surface area contributed by atoms with Crippen LogP contribution in [0.2, 0.25) is 0 Å². The Labute approximate surface area is 313 Å². The Bertz CT molecular complexity index is 2170. The Morgan fingerprint density at radius 3 is 1.35 bits per heavy atom. The van der Waals surface area contributed by atoms with Crippen molar-refractivity contribution < 1.29 is 28.7 Å². The molecule has 10 nitrogen and oxygen atoms in total. The van der Waals surface area contributed by atoms with Gasteiger partial charge in [-0.05, 0) is 97.4 Å². The van der Waals surface area contributed by atoms with Crippen LogP contribution in [0.3, 0.4) is 0 Å². The number of rotatable bonds is 14. The first kappa shape index (κ1) is 37.4. The number of fused-ring (bicyclic) bond motifs is 2. The van der Waals surface area contributed by atoms with Crippen molar-refractivity contribution in [2.24, 2.45) is 0 Å². The smallest absolute Gasteiger partial charge is 0.381 e. The third kappa shape index (κ3) is 9.94. The standard InChI is InChI=1S/C44H42N4O6/c1-29-35(37-7-3-5-9-39(37)47-29)23-25-45-27-33-15-11-31(12-16-33)19-21-41(49)53-43(51)44(52)54-42(50)22-20-32-13-17-34(18-14-32)28-46-26-24-36-30(2)48-40-10-6-4-8-38(36)40/h3-22,45-48H,23-28H2,1-2H3. The van der Waals surface area contributed by atoms with Gasteiger partial charge in [-0.25, -0.2) is 19.2 Å². The van der Waals surface area contributed by atoms with Crippen LogP contribution in [0.15, 0.2) is 109 Å². The maximum atomic E-state index is 12.1. The highest BCUT2D eigenvalue weighted by atomic mass is 16.6. The maximum absolute atomic E-state index is 12.1. The minimum Gasteiger partial charge on any atom is -0.381 e. The first-order valence-corrected chi connectivity index (χ1v) is 17.8. The van der Waals surface area contributed by atoms with Crippen molar-refractivity contribution in [3.63, 3.8) is 0 Å². The Kier molecular flexibility index (Phi) is 12.4. The number of aromatic nitrogens is 2. The van der Waals surface area contributed by atoms with E-state index in [1.54, 1.807) is 0 Å². The van der Waals surface area contributed by atoms with Crippen molar-refractivity contribution in [2.45, 2.75) is 39.8 Å². The molecule has 274 valence electrons. The largest absolute Gasteiger partial charge is 0.425 e. The van der Waals surface area contributed by atoms with Crippen LogP contribution in [-0.2, 0) is 54.6 Å². The van der Waals surface area contributed by atoms with Crippen LogP contribution in [0.1, 0.15) is 44.8 Å². The molecule has 0 aliphatic heterocycles. The minimum absolute atomic E-state index is 0.676. The summed E-state index contributed by atoms with van der Waals surface area (Å²) in [6.07, 6.45) is 6.76. The van der Waals surface area contributed by atoms with E-state index in [4.69, 9.17) is 0 Å². The van der Waals surface area contributed by atoms with Gasteiger partial charge in [0.15, 0.2) is 0 Å². The summed E-state index contributed by atoms with van der Waals surface area (Å²) < 4.78 is 9.03. The molecule has 54 heavy (non-hydrogen) atoms. The van der Waals surface area contributed by atoms with Gasteiger partial charge in [-0.15, -0.1) is 0 Å². The third-order valence-corrected chi connectivity index (χ3v) is 9.15. The zero-order chi connectivity index (χ0) is 37.9. The lowest BCUT2D eigenvalue weighted by Gasteiger charge is -2.06. The second-order valence-corrected chi connectivity index (χ2v) is 13.0. The number of benzene rings is 4. The van der Waals surface area contributed by atoms with Gasteiger partial charge in [0.05, 0.1) is 0 Å². The molecule has 6 aromatic rings. The van der Waals surface area contributed by atoms with E-state index in [-0.39, 0.29) is 0 Å². The molecule has 0 aliphatic carbocycles. The number of para-hydroxylation sites is 2. The number of carbonyl (C=O) groups excluding carboxylic acids is 4. The van der Waals surface area contributed by atoms with E-state index in [9.17, 15) is 19.2 Å². The molecule has 0 aliphatic rings. The summed E-state index contributed by atoms with van der Waals surface area (Å²) in [5, 5.41) is 9.42. The van der Waals surface area contributed by atoms with Crippen molar-refractivity contribution in [1.29, 1.82) is 0 Å². The molecular weight excluding hydrogens is 681 g/mol. The van der Waals surface area contributed by atoms with E-state index in [2.05, 4.69) is 68.2 Å². The predicted octanol–water partition coefficient (Wildman–Crippen LogP) is 6.80. The highest BCUT2D eigenvalue weighted by Gasteiger charge is 2.22. The van der Waals surface area contributed by atoms with Crippen LogP contribution in [0.25, 0.3) is 34.0 Å². The summed E-state index contributed by atoms with van der Waals surface area (Å²) in [6.45, 7) is 7.17. The molecule has 0 radical (unpaired) electrons. The number of esters is 4. The van der Waals surface area contributed by atoms with Gasteiger partial charge >= 0.3 is 23.9 Å². The van der Waals surface area contributed by atoms with Gasteiger partial charge in [0.2, 0.25) is 0 Å². The monoisotopic (exact) mass is 722 g/mol. The van der Waals surface area contributed by atoms with Crippen molar-refractivity contribution in [3.8, 4) is 0 Å². The van der Waals surface area contributed by atoms with Gasteiger partial charge in [0, 0.05) is 58.4 Å². The average molecular weight is 723 g/mol. The molecular formula is C44H42N4O6. The summed E-state index contributed by atoms with van der Waals surface area (Å²) in [5.41, 5.74) is 10.8. The summed E-state index contributed by atoms with van der Waals surface area (Å²) in [4.78, 5) is 55.2. The molecule has 4 aromatic carbocycles. The second kappa shape index (κ2) is 17.9. The number of aromatic amines is 2. The van der Waals surface area contributed by atoms with E-state index in [0.29, 0.717) is 24.2 Å². The van der Waals surface area contributed by atoms with Gasteiger partial charge in [0.1, 0.15) is 0 Å². The Hall–Kier alpha value is -6.36. The van der Waals surface area contributed by atoms with Gasteiger partial charge < -0.3 is 30.1 Å². The molecule has 4 N–H and O–H groups in total. The Balaban J connectivity index is 0.867. The van der Waals surface area contributed by atoms with E-state index < -0.39 is 23.9 Å². The fraction of sp³-hybridized carbons (Fsp3) is 0.182. The van der Waals surface area contributed by atoms with Crippen LogP contribution in [-0.4, -0.2) is 46.9 Å². The minimum atomic E-state index is -1.59. The Morgan fingerprint density at radius 1 is 0.556 bits per heavy atom. The third-order valence-electron chi connectivity index (χ3n) is 9.15. The zero-order valence-corrected chi connectivity index (χ0v) is 30.2. The highest BCUT2D eigenvalue weighted by molar-refractivity contribution is 6.34. The van der Waals surface area contributed by atoms with E-state index in [1.807, 2.05) is 72.8 Å². The summed E-state index contributed by atoms with van der Waals surface area (Å²) in [5.74, 6) is -5.32. The van der Waals surface area contributed by atoms with Gasteiger partial charge in [0.25, 0.3) is 0 Å². The lowest BCUT2D eigenvalue weighted by atomic mass is 10.1. The molecule has 0 saturated carbocycles. The molecule has 0 unspecified atom stereocenters. The summed E-state index contributed by atoms with van der Waals surface area (Å²) in [7, 11) is 0. The quantitative estimate of drug-likeness (QED) is 0.0317. The number of hydrogen-bond acceptors (Lipinski definition) is 8. The fourth-order valence-corrected chi connectivity index (χ4v) is 6.36. The van der Waals surface area contributed by atoms with Crippen molar-refractivity contribution >= 4 is 57.8 Å². The average Bonchev–Trinajstić information content (AvgIpc) is 3.68. The number of ether oxygens (including phenoxy) is 2. The Morgan fingerprint density at radius 2 is 0.944 bits per heavy atom. The number of carbonyl (C=O) groups is 4. The van der Waals surface area contributed by atoms with Crippen molar-refractivity contribution in [1.82, 2.24) is 20.6 Å². The van der Waals surface area contributed by atoms with E-state index in [1.165, 1.54) is 45.4 Å². The zero-order valence-electron chi connectivity index (χ0n) is 30.2. The molecule has 0 bridgehead atoms. The number of H-pyrrole nitrogens is 2. The van der Waals surface area contributed by atoms with Crippen molar-refractivity contribution in [3.05, 3.63) is 154 Å². The number of hydrogen-bond donors (Lipinski definition) is 4. The highest BCUT2D eigenvalue weighted by Crippen LogP contribution is 2.23. The molecule has 6 rings (SSSR count). The van der Waals surface area contributed by atoms with Crippen LogP contribution < -0.4 is 10.6 Å². The van der Waals surface area contributed by atoms with Crippen molar-refractivity contribution in [2.75, 3.05) is 13.1 Å². The maximum Gasteiger partial charge on any atom is 0.425 e. The van der Waals surface area contributed by atoms with Crippen LogP contribution in [0.5, 0.6) is 0 Å². The van der Waals surface area contributed by atoms with Gasteiger partial charge in [-0.3, -0.25) is 0 Å². The normalized spacial score (nSPS) is 11.5. The summed E-state index contributed by atoms with van der Waals surface area (Å²) in [6, 6.07) is 31.6. The molecule has 0 amide bonds. The predicted molar refractivity (Wildman–Crippen MR) is 210 cm³/mol. The first-order valence-electron chi connectivity index (χ1n) is 17.8. The topological polar surface area (TPSA) is 142 Å². The molecule has 0 saturated heterocycles.